The maximum atomic E-state index is 12.7. The van der Waals surface area contributed by atoms with Gasteiger partial charge in [0.05, 0.1) is 0 Å². The Bertz CT molecular complexity index is 386. The van der Waals surface area contributed by atoms with Gasteiger partial charge in [-0.25, -0.2) is 4.79 Å². The Hall–Kier alpha value is -1.30. The standard InChI is InChI=1S/C15H27N3O3/c1-15(2,3)21-14(20)18-9-5-4-6-12(18)13(19)17-10-7-16-8-11-17/h12,16H,4-11H2,1-3H3. The number of carbonyl (C=O) groups is 2. The number of hydrogen-bond acceptors (Lipinski definition) is 4. The summed E-state index contributed by atoms with van der Waals surface area (Å²) in [5, 5.41) is 3.24. The molecule has 2 fully saturated rings. The zero-order valence-electron chi connectivity index (χ0n) is 13.4. The molecule has 1 unspecified atom stereocenters. The van der Waals surface area contributed by atoms with E-state index in [0.717, 1.165) is 45.4 Å². The Kier molecular flexibility index (Phi) is 5.08. The second kappa shape index (κ2) is 6.64. The van der Waals surface area contributed by atoms with Crippen LogP contribution in [0.15, 0.2) is 0 Å². The van der Waals surface area contributed by atoms with Crippen LogP contribution in [0.25, 0.3) is 0 Å². The lowest BCUT2D eigenvalue weighted by Crippen LogP contribution is -2.57. The van der Waals surface area contributed by atoms with Crippen LogP contribution < -0.4 is 5.32 Å². The van der Waals surface area contributed by atoms with Crippen LogP contribution in [-0.2, 0) is 9.53 Å². The van der Waals surface area contributed by atoms with Crippen molar-refractivity contribution in [2.45, 2.75) is 51.7 Å². The van der Waals surface area contributed by atoms with Crippen LogP contribution in [0.4, 0.5) is 4.79 Å². The molecule has 0 bridgehead atoms. The van der Waals surface area contributed by atoms with Gasteiger partial charge < -0.3 is 15.0 Å². The van der Waals surface area contributed by atoms with Crippen molar-refractivity contribution >= 4 is 12.0 Å². The number of nitrogens with zero attached hydrogens (tertiary/aromatic N) is 2. The first-order valence-electron chi connectivity index (χ1n) is 7.87. The lowest BCUT2D eigenvalue weighted by atomic mass is 10.0. The molecule has 2 aliphatic heterocycles. The number of piperidine rings is 1. The van der Waals surface area contributed by atoms with Crippen molar-refractivity contribution in [2.24, 2.45) is 0 Å². The molecule has 0 saturated carbocycles. The first-order chi connectivity index (χ1) is 9.88. The third kappa shape index (κ3) is 4.33. The van der Waals surface area contributed by atoms with Gasteiger partial charge in [0.1, 0.15) is 11.6 Å². The highest BCUT2D eigenvalue weighted by Crippen LogP contribution is 2.22. The van der Waals surface area contributed by atoms with Crippen molar-refractivity contribution in [3.8, 4) is 0 Å². The predicted octanol–water partition coefficient (Wildman–Crippen LogP) is 1.21. The molecular formula is C15H27N3O3. The summed E-state index contributed by atoms with van der Waals surface area (Å²) in [6, 6.07) is -0.355. The third-order valence-electron chi connectivity index (χ3n) is 3.84. The van der Waals surface area contributed by atoms with E-state index in [1.807, 2.05) is 25.7 Å². The quantitative estimate of drug-likeness (QED) is 0.790. The Morgan fingerprint density at radius 1 is 1.10 bits per heavy atom. The van der Waals surface area contributed by atoms with E-state index < -0.39 is 5.60 Å². The minimum Gasteiger partial charge on any atom is -0.444 e. The Balaban J connectivity index is 2.04. The lowest BCUT2D eigenvalue weighted by Gasteiger charge is -2.39. The molecular weight excluding hydrogens is 270 g/mol. The first-order valence-corrected chi connectivity index (χ1v) is 7.87. The van der Waals surface area contributed by atoms with E-state index in [-0.39, 0.29) is 18.0 Å². The number of piperazine rings is 1. The molecule has 0 aromatic rings. The highest BCUT2D eigenvalue weighted by atomic mass is 16.6. The molecule has 0 aromatic carbocycles. The van der Waals surface area contributed by atoms with Crippen molar-refractivity contribution in [1.29, 1.82) is 0 Å². The van der Waals surface area contributed by atoms with Crippen LogP contribution in [0.1, 0.15) is 40.0 Å². The molecule has 6 heteroatoms. The summed E-state index contributed by atoms with van der Waals surface area (Å²) < 4.78 is 5.45. The summed E-state index contributed by atoms with van der Waals surface area (Å²) in [7, 11) is 0. The Morgan fingerprint density at radius 2 is 1.76 bits per heavy atom. The predicted molar refractivity (Wildman–Crippen MR) is 80.0 cm³/mol. The van der Waals surface area contributed by atoms with Crippen molar-refractivity contribution in [2.75, 3.05) is 32.7 Å². The van der Waals surface area contributed by atoms with Gasteiger partial charge in [0.15, 0.2) is 0 Å². The van der Waals surface area contributed by atoms with Crippen molar-refractivity contribution < 1.29 is 14.3 Å². The van der Waals surface area contributed by atoms with Gasteiger partial charge in [-0.15, -0.1) is 0 Å². The Morgan fingerprint density at radius 3 is 2.38 bits per heavy atom. The summed E-state index contributed by atoms with van der Waals surface area (Å²) in [4.78, 5) is 28.5. The van der Waals surface area contributed by atoms with Gasteiger partial charge in [0.2, 0.25) is 5.91 Å². The maximum Gasteiger partial charge on any atom is 0.410 e. The molecule has 6 nitrogen and oxygen atoms in total. The SMILES string of the molecule is CC(C)(C)OC(=O)N1CCCCC1C(=O)N1CCNCC1. The van der Waals surface area contributed by atoms with Gasteiger partial charge in [-0.3, -0.25) is 9.69 Å². The molecule has 1 atom stereocenters. The van der Waals surface area contributed by atoms with E-state index in [4.69, 9.17) is 4.74 Å². The summed E-state index contributed by atoms with van der Waals surface area (Å²) >= 11 is 0. The smallest absolute Gasteiger partial charge is 0.410 e. The molecule has 2 heterocycles. The number of carbonyl (C=O) groups excluding carboxylic acids is 2. The maximum absolute atomic E-state index is 12.7. The third-order valence-corrected chi connectivity index (χ3v) is 3.84. The summed E-state index contributed by atoms with van der Waals surface area (Å²) in [6.07, 6.45) is 2.30. The van der Waals surface area contributed by atoms with Crippen LogP contribution in [0.5, 0.6) is 0 Å². The molecule has 2 amide bonds. The number of rotatable bonds is 1. The number of likely N-dealkylation sites (tertiary alicyclic amines) is 1. The van der Waals surface area contributed by atoms with Gasteiger partial charge in [-0.2, -0.15) is 0 Å². The number of hydrogen-bond donors (Lipinski definition) is 1. The molecule has 0 aromatic heterocycles. The van der Waals surface area contributed by atoms with Gasteiger partial charge in [-0.05, 0) is 40.0 Å². The van der Waals surface area contributed by atoms with Crippen LogP contribution >= 0.6 is 0 Å². The molecule has 21 heavy (non-hydrogen) atoms. The van der Waals surface area contributed by atoms with Crippen LogP contribution in [0, 0.1) is 0 Å². The molecule has 0 aliphatic carbocycles. The van der Waals surface area contributed by atoms with E-state index in [0.29, 0.717) is 6.54 Å². The molecule has 1 N–H and O–H groups in total. The molecule has 2 rings (SSSR count). The summed E-state index contributed by atoms with van der Waals surface area (Å²) in [5.74, 6) is 0.0714. The monoisotopic (exact) mass is 297 g/mol. The second-order valence-electron chi connectivity index (χ2n) is 6.76. The molecule has 2 aliphatic rings. The summed E-state index contributed by atoms with van der Waals surface area (Å²) in [5.41, 5.74) is -0.531. The zero-order chi connectivity index (χ0) is 15.5. The first kappa shape index (κ1) is 16.1. The number of amides is 2. The molecule has 2 saturated heterocycles. The van der Waals surface area contributed by atoms with Gasteiger partial charge in [0.25, 0.3) is 0 Å². The number of nitrogens with one attached hydrogen (secondary N) is 1. The van der Waals surface area contributed by atoms with Crippen molar-refractivity contribution in [1.82, 2.24) is 15.1 Å². The highest BCUT2D eigenvalue weighted by molar-refractivity contribution is 5.86. The normalized spacial score (nSPS) is 23.9. The van der Waals surface area contributed by atoms with Crippen LogP contribution in [-0.4, -0.2) is 66.2 Å². The average Bonchev–Trinajstić information content (AvgIpc) is 2.45. The fraction of sp³-hybridized carbons (Fsp3) is 0.867. The minimum atomic E-state index is -0.531. The topological polar surface area (TPSA) is 61.9 Å². The number of ether oxygens (including phenoxy) is 1. The largest absolute Gasteiger partial charge is 0.444 e. The summed E-state index contributed by atoms with van der Waals surface area (Å²) in [6.45, 7) is 9.24. The molecule has 120 valence electrons. The van der Waals surface area contributed by atoms with Gasteiger partial charge in [-0.1, -0.05) is 0 Å². The van der Waals surface area contributed by atoms with E-state index in [2.05, 4.69) is 5.32 Å². The fourth-order valence-corrected chi connectivity index (χ4v) is 2.82. The van der Waals surface area contributed by atoms with Gasteiger partial charge >= 0.3 is 6.09 Å². The van der Waals surface area contributed by atoms with E-state index >= 15 is 0 Å². The average molecular weight is 297 g/mol. The van der Waals surface area contributed by atoms with Crippen LogP contribution in [0.2, 0.25) is 0 Å². The minimum absolute atomic E-state index is 0.0714. The van der Waals surface area contributed by atoms with E-state index in [9.17, 15) is 9.59 Å². The van der Waals surface area contributed by atoms with Crippen LogP contribution in [0.3, 0.4) is 0 Å². The van der Waals surface area contributed by atoms with Gasteiger partial charge in [0, 0.05) is 32.7 Å². The second-order valence-corrected chi connectivity index (χ2v) is 6.76. The fourth-order valence-electron chi connectivity index (χ4n) is 2.82. The lowest BCUT2D eigenvalue weighted by molar-refractivity contribution is -0.138. The van der Waals surface area contributed by atoms with E-state index in [1.54, 1.807) is 4.90 Å². The highest BCUT2D eigenvalue weighted by Gasteiger charge is 2.37. The van der Waals surface area contributed by atoms with E-state index in [1.165, 1.54) is 0 Å². The molecule has 0 radical (unpaired) electrons. The molecule has 0 spiro atoms. The van der Waals surface area contributed by atoms with Crippen molar-refractivity contribution in [3.05, 3.63) is 0 Å². The van der Waals surface area contributed by atoms with Crippen molar-refractivity contribution in [3.63, 3.8) is 0 Å². The zero-order valence-corrected chi connectivity index (χ0v) is 13.4. The Labute approximate surface area is 126 Å².